The lowest BCUT2D eigenvalue weighted by atomic mass is 9.84. The number of carboxylic acid groups (broad SMARTS) is 1. The smallest absolute Gasteiger partial charge is 0.315 e. The Kier molecular flexibility index (Phi) is 3.64. The lowest BCUT2D eigenvalue weighted by Gasteiger charge is -2.29. The van der Waals surface area contributed by atoms with Crippen LogP contribution in [0.1, 0.15) is 26.2 Å². The maximum atomic E-state index is 11.7. The molecular weight excluding hydrogens is 250 g/mol. The fourth-order valence-electron chi connectivity index (χ4n) is 3.32. The summed E-state index contributed by atoms with van der Waals surface area (Å²) in [4.78, 5) is 33.9. The highest BCUT2D eigenvalue weighted by molar-refractivity contribution is 5.86. The lowest BCUT2D eigenvalue weighted by molar-refractivity contribution is -0.144. The Morgan fingerprint density at radius 3 is 2.47 bits per heavy atom. The van der Waals surface area contributed by atoms with Crippen LogP contribution in [-0.2, 0) is 9.59 Å². The summed E-state index contributed by atoms with van der Waals surface area (Å²) in [6.07, 6.45) is 2.72. The van der Waals surface area contributed by atoms with Gasteiger partial charge in [0.05, 0.1) is 5.92 Å². The van der Waals surface area contributed by atoms with Crippen molar-refractivity contribution in [1.29, 1.82) is 0 Å². The van der Waals surface area contributed by atoms with E-state index in [1.165, 1.54) is 6.92 Å². The van der Waals surface area contributed by atoms with E-state index >= 15 is 0 Å². The van der Waals surface area contributed by atoms with E-state index in [1.807, 2.05) is 0 Å². The van der Waals surface area contributed by atoms with E-state index in [1.54, 1.807) is 0 Å². The molecule has 2 aliphatic carbocycles. The summed E-state index contributed by atoms with van der Waals surface area (Å²) < 4.78 is 0. The van der Waals surface area contributed by atoms with Gasteiger partial charge in [-0.15, -0.1) is 0 Å². The summed E-state index contributed by atoms with van der Waals surface area (Å²) in [6.45, 7) is 1.48. The summed E-state index contributed by atoms with van der Waals surface area (Å²) in [5, 5.41) is 14.3. The molecule has 7 heteroatoms. The van der Waals surface area contributed by atoms with E-state index in [0.29, 0.717) is 0 Å². The number of rotatable bonds is 4. The van der Waals surface area contributed by atoms with Crippen molar-refractivity contribution in [2.24, 2.45) is 23.5 Å². The highest BCUT2D eigenvalue weighted by Crippen LogP contribution is 2.48. The average molecular weight is 269 g/mol. The molecule has 0 aromatic rings. The molecule has 2 aliphatic rings. The van der Waals surface area contributed by atoms with Gasteiger partial charge in [-0.3, -0.25) is 9.59 Å². The Balaban J connectivity index is 1.96. The third-order valence-electron chi connectivity index (χ3n) is 4.27. The number of primary amides is 1. The van der Waals surface area contributed by atoms with Crippen LogP contribution in [0.2, 0.25) is 0 Å². The average Bonchev–Trinajstić information content (AvgIpc) is 2.88. The molecule has 0 saturated heterocycles. The first-order valence-electron chi connectivity index (χ1n) is 6.49. The Labute approximate surface area is 110 Å². The van der Waals surface area contributed by atoms with Crippen molar-refractivity contribution in [2.75, 3.05) is 0 Å². The second kappa shape index (κ2) is 5.07. The van der Waals surface area contributed by atoms with Gasteiger partial charge < -0.3 is 21.5 Å². The molecule has 19 heavy (non-hydrogen) atoms. The number of hydrogen-bond donors (Lipinski definition) is 4. The Hall–Kier alpha value is -1.79. The number of carbonyl (C=O) groups is 3. The summed E-state index contributed by atoms with van der Waals surface area (Å²) in [7, 11) is 0. The first kappa shape index (κ1) is 13.6. The van der Waals surface area contributed by atoms with Gasteiger partial charge in [-0.2, -0.15) is 0 Å². The van der Waals surface area contributed by atoms with Crippen LogP contribution in [-0.4, -0.2) is 35.1 Å². The highest BCUT2D eigenvalue weighted by atomic mass is 16.4. The molecule has 0 aliphatic heterocycles. The van der Waals surface area contributed by atoms with Gasteiger partial charge in [0.25, 0.3) is 0 Å². The van der Waals surface area contributed by atoms with Crippen molar-refractivity contribution in [3.05, 3.63) is 0 Å². The van der Waals surface area contributed by atoms with E-state index in [9.17, 15) is 19.5 Å². The van der Waals surface area contributed by atoms with Gasteiger partial charge in [-0.05, 0) is 38.0 Å². The zero-order valence-electron chi connectivity index (χ0n) is 10.8. The van der Waals surface area contributed by atoms with Gasteiger partial charge in [-0.25, -0.2) is 4.79 Å². The van der Waals surface area contributed by atoms with Gasteiger partial charge in [0, 0.05) is 6.04 Å². The van der Waals surface area contributed by atoms with Crippen molar-refractivity contribution < 1.29 is 19.5 Å². The van der Waals surface area contributed by atoms with Crippen LogP contribution in [0.5, 0.6) is 0 Å². The van der Waals surface area contributed by atoms with Crippen LogP contribution < -0.4 is 16.4 Å². The topological polar surface area (TPSA) is 122 Å². The molecule has 7 nitrogen and oxygen atoms in total. The zero-order chi connectivity index (χ0) is 14.2. The largest absolute Gasteiger partial charge is 0.481 e. The molecule has 0 heterocycles. The molecule has 2 bridgehead atoms. The maximum absolute atomic E-state index is 11.7. The predicted octanol–water partition coefficient (Wildman–Crippen LogP) is -0.341. The van der Waals surface area contributed by atoms with Crippen molar-refractivity contribution in [1.82, 2.24) is 10.6 Å². The highest BCUT2D eigenvalue weighted by Gasteiger charge is 2.51. The molecule has 0 spiro atoms. The van der Waals surface area contributed by atoms with Gasteiger partial charge >= 0.3 is 12.0 Å². The first-order chi connectivity index (χ1) is 8.90. The molecule has 2 fully saturated rings. The van der Waals surface area contributed by atoms with Gasteiger partial charge in [0.2, 0.25) is 5.91 Å². The molecule has 3 amide bonds. The molecule has 0 aromatic carbocycles. The Morgan fingerprint density at radius 2 is 1.89 bits per heavy atom. The molecule has 0 radical (unpaired) electrons. The van der Waals surface area contributed by atoms with Gasteiger partial charge in [-0.1, -0.05) is 0 Å². The second-order valence-electron chi connectivity index (χ2n) is 5.46. The van der Waals surface area contributed by atoms with Crippen LogP contribution in [0.15, 0.2) is 0 Å². The molecule has 5 unspecified atom stereocenters. The van der Waals surface area contributed by atoms with Crippen LogP contribution in [0, 0.1) is 17.8 Å². The van der Waals surface area contributed by atoms with Gasteiger partial charge in [0.15, 0.2) is 0 Å². The number of nitrogens with two attached hydrogens (primary N) is 1. The van der Waals surface area contributed by atoms with Crippen LogP contribution in [0.25, 0.3) is 0 Å². The molecule has 0 aromatic heterocycles. The number of hydrogen-bond acceptors (Lipinski definition) is 3. The normalized spacial score (nSPS) is 33.7. The first-order valence-corrected chi connectivity index (χ1v) is 6.49. The zero-order valence-corrected chi connectivity index (χ0v) is 10.8. The summed E-state index contributed by atoms with van der Waals surface area (Å²) in [5.41, 5.74) is 5.05. The SMILES string of the molecule is CC(NC(=O)NC1C2CCC(C2)C1C(=O)O)C(N)=O. The van der Waals surface area contributed by atoms with Crippen molar-refractivity contribution in [2.45, 2.75) is 38.3 Å². The predicted molar refractivity (Wildman–Crippen MR) is 66.1 cm³/mol. The lowest BCUT2D eigenvalue weighted by Crippen LogP contribution is -2.53. The molecule has 106 valence electrons. The third-order valence-corrected chi connectivity index (χ3v) is 4.27. The number of nitrogens with one attached hydrogen (secondary N) is 2. The number of fused-ring (bicyclic) bond motifs is 2. The number of carboxylic acids is 1. The van der Waals surface area contributed by atoms with E-state index < -0.39 is 29.9 Å². The monoisotopic (exact) mass is 269 g/mol. The Morgan fingerprint density at radius 1 is 1.26 bits per heavy atom. The number of amides is 3. The van der Waals surface area contributed by atoms with Crippen LogP contribution in [0.3, 0.4) is 0 Å². The Bertz CT molecular complexity index is 412. The number of carbonyl (C=O) groups excluding carboxylic acids is 2. The minimum Gasteiger partial charge on any atom is -0.481 e. The van der Waals surface area contributed by atoms with Crippen LogP contribution >= 0.6 is 0 Å². The minimum absolute atomic E-state index is 0.154. The molecule has 2 saturated carbocycles. The molecule has 2 rings (SSSR count). The number of urea groups is 1. The van der Waals surface area contributed by atoms with Gasteiger partial charge in [0.1, 0.15) is 6.04 Å². The minimum atomic E-state index is -0.861. The van der Waals surface area contributed by atoms with Crippen molar-refractivity contribution in [3.8, 4) is 0 Å². The maximum Gasteiger partial charge on any atom is 0.315 e. The molecular formula is C12H19N3O4. The quantitative estimate of drug-likeness (QED) is 0.557. The summed E-state index contributed by atoms with van der Waals surface area (Å²) in [6, 6.07) is -1.66. The van der Waals surface area contributed by atoms with E-state index in [-0.39, 0.29) is 17.9 Å². The van der Waals surface area contributed by atoms with E-state index in [4.69, 9.17) is 5.73 Å². The van der Waals surface area contributed by atoms with E-state index in [2.05, 4.69) is 10.6 Å². The van der Waals surface area contributed by atoms with Crippen LogP contribution in [0.4, 0.5) is 4.79 Å². The third kappa shape index (κ3) is 2.64. The summed E-state index contributed by atoms with van der Waals surface area (Å²) >= 11 is 0. The fraction of sp³-hybridized carbons (Fsp3) is 0.750. The molecule has 5 atom stereocenters. The fourth-order valence-corrected chi connectivity index (χ4v) is 3.32. The summed E-state index contributed by atoms with van der Waals surface area (Å²) in [5.74, 6) is -1.63. The standard InChI is InChI=1S/C12H19N3O4/c1-5(10(13)16)14-12(19)15-9-7-3-2-6(4-7)8(9)11(17)18/h5-9H,2-4H2,1H3,(H2,13,16)(H,17,18)(H2,14,15,19). The van der Waals surface area contributed by atoms with E-state index in [0.717, 1.165) is 19.3 Å². The van der Waals surface area contributed by atoms with Crippen molar-refractivity contribution in [3.63, 3.8) is 0 Å². The van der Waals surface area contributed by atoms with Crippen molar-refractivity contribution >= 4 is 17.9 Å². The second-order valence-corrected chi connectivity index (χ2v) is 5.46. The number of aliphatic carboxylic acids is 1. The molecule has 5 N–H and O–H groups in total.